The Morgan fingerprint density at radius 1 is 1.00 bits per heavy atom. The third-order valence-electron chi connectivity index (χ3n) is 3.36. The predicted molar refractivity (Wildman–Crippen MR) is 96.0 cm³/mol. The van der Waals surface area contributed by atoms with Crippen molar-refractivity contribution in [3.05, 3.63) is 47.0 Å². The number of ether oxygens (including phenoxy) is 2. The van der Waals surface area contributed by atoms with Crippen LogP contribution >= 0.6 is 11.6 Å². The highest BCUT2D eigenvalue weighted by atomic mass is 35.5. The maximum atomic E-state index is 13.2. The first-order chi connectivity index (χ1) is 12.6. The SMILES string of the molecule is CCOc1ccc(S(=O)(=O)Nc2ccc(Cl)cc2C(F)(F)F)cc1OCC. The molecule has 0 heterocycles. The Labute approximate surface area is 160 Å². The zero-order valence-electron chi connectivity index (χ0n) is 14.4. The van der Waals surface area contributed by atoms with Gasteiger partial charge in [-0.2, -0.15) is 13.2 Å². The van der Waals surface area contributed by atoms with Crippen molar-refractivity contribution in [3.63, 3.8) is 0 Å². The zero-order valence-corrected chi connectivity index (χ0v) is 16.0. The normalized spacial score (nSPS) is 11.9. The smallest absolute Gasteiger partial charge is 0.418 e. The Hall–Kier alpha value is -2.13. The van der Waals surface area contributed by atoms with Gasteiger partial charge in [-0.05, 0) is 44.2 Å². The van der Waals surface area contributed by atoms with Crippen molar-refractivity contribution in [2.24, 2.45) is 0 Å². The van der Waals surface area contributed by atoms with Gasteiger partial charge in [0, 0.05) is 11.1 Å². The van der Waals surface area contributed by atoms with E-state index in [1.807, 2.05) is 4.72 Å². The van der Waals surface area contributed by atoms with Crippen molar-refractivity contribution in [2.75, 3.05) is 17.9 Å². The summed E-state index contributed by atoms with van der Waals surface area (Å²) in [6, 6.07) is 6.58. The van der Waals surface area contributed by atoms with Crippen LogP contribution in [0.4, 0.5) is 18.9 Å². The molecule has 148 valence electrons. The van der Waals surface area contributed by atoms with Gasteiger partial charge in [-0.15, -0.1) is 0 Å². The summed E-state index contributed by atoms with van der Waals surface area (Å²) >= 11 is 5.61. The standard InChI is InChI=1S/C17H17ClF3NO4S/c1-3-25-15-8-6-12(10-16(15)26-4-2)27(23,24)22-14-7-5-11(18)9-13(14)17(19,20)21/h5-10,22H,3-4H2,1-2H3. The second-order valence-electron chi connectivity index (χ2n) is 5.27. The van der Waals surface area contributed by atoms with E-state index in [4.69, 9.17) is 21.1 Å². The molecule has 0 radical (unpaired) electrons. The minimum atomic E-state index is -4.78. The van der Waals surface area contributed by atoms with Crippen molar-refractivity contribution >= 4 is 27.3 Å². The van der Waals surface area contributed by atoms with Crippen LogP contribution in [-0.2, 0) is 16.2 Å². The first kappa shape index (κ1) is 21.2. The van der Waals surface area contributed by atoms with Gasteiger partial charge in [0.2, 0.25) is 0 Å². The van der Waals surface area contributed by atoms with Gasteiger partial charge in [0.15, 0.2) is 11.5 Å². The molecule has 0 fully saturated rings. The largest absolute Gasteiger partial charge is 0.490 e. The molecule has 0 unspecified atom stereocenters. The van der Waals surface area contributed by atoms with Crippen molar-refractivity contribution in [1.29, 1.82) is 0 Å². The van der Waals surface area contributed by atoms with Crippen molar-refractivity contribution in [3.8, 4) is 11.5 Å². The molecule has 0 spiro atoms. The van der Waals surface area contributed by atoms with Crippen LogP contribution in [0.3, 0.4) is 0 Å². The van der Waals surface area contributed by atoms with Crippen LogP contribution in [0.25, 0.3) is 0 Å². The number of anilines is 1. The second kappa shape index (κ2) is 8.26. The summed E-state index contributed by atoms with van der Waals surface area (Å²) in [6.45, 7) is 4.05. The summed E-state index contributed by atoms with van der Waals surface area (Å²) in [7, 11) is -4.31. The summed E-state index contributed by atoms with van der Waals surface area (Å²) in [4.78, 5) is -0.266. The molecular weight excluding hydrogens is 407 g/mol. The average Bonchev–Trinajstić information content (AvgIpc) is 2.57. The van der Waals surface area contributed by atoms with E-state index in [9.17, 15) is 21.6 Å². The lowest BCUT2D eigenvalue weighted by Gasteiger charge is -2.16. The first-order valence-corrected chi connectivity index (χ1v) is 9.73. The van der Waals surface area contributed by atoms with Gasteiger partial charge in [0.05, 0.1) is 29.4 Å². The van der Waals surface area contributed by atoms with E-state index < -0.39 is 27.5 Å². The maximum absolute atomic E-state index is 13.2. The van der Waals surface area contributed by atoms with Crippen molar-refractivity contribution in [1.82, 2.24) is 0 Å². The zero-order chi connectivity index (χ0) is 20.2. The number of nitrogens with one attached hydrogen (secondary N) is 1. The lowest BCUT2D eigenvalue weighted by Crippen LogP contribution is -2.17. The number of benzene rings is 2. The Kier molecular flexibility index (Phi) is 6.48. The summed E-state index contributed by atoms with van der Waals surface area (Å²) in [6.07, 6.45) is -4.78. The van der Waals surface area contributed by atoms with Gasteiger partial charge in [-0.3, -0.25) is 4.72 Å². The maximum Gasteiger partial charge on any atom is 0.418 e. The van der Waals surface area contributed by atoms with Gasteiger partial charge in [-0.1, -0.05) is 11.6 Å². The third kappa shape index (κ3) is 5.20. The van der Waals surface area contributed by atoms with E-state index in [1.165, 1.54) is 24.3 Å². The molecule has 2 aromatic carbocycles. The van der Waals surface area contributed by atoms with Crippen molar-refractivity contribution < 1.29 is 31.1 Å². The van der Waals surface area contributed by atoms with Crippen LogP contribution in [0.1, 0.15) is 19.4 Å². The highest BCUT2D eigenvalue weighted by Crippen LogP contribution is 2.38. The number of halogens is 4. The van der Waals surface area contributed by atoms with Gasteiger partial charge in [0.1, 0.15) is 0 Å². The number of sulfonamides is 1. The fourth-order valence-electron chi connectivity index (χ4n) is 2.24. The van der Waals surface area contributed by atoms with Crippen LogP contribution in [0.15, 0.2) is 41.3 Å². The van der Waals surface area contributed by atoms with E-state index in [0.29, 0.717) is 18.4 Å². The molecule has 0 bridgehead atoms. The van der Waals surface area contributed by atoms with Crippen LogP contribution < -0.4 is 14.2 Å². The van der Waals surface area contributed by atoms with Crippen LogP contribution in [0.2, 0.25) is 5.02 Å². The molecule has 0 saturated heterocycles. The van der Waals surface area contributed by atoms with Gasteiger partial charge < -0.3 is 9.47 Å². The van der Waals surface area contributed by atoms with Crippen molar-refractivity contribution in [2.45, 2.75) is 24.9 Å². The molecule has 0 aliphatic rings. The van der Waals surface area contributed by atoms with E-state index >= 15 is 0 Å². The molecule has 2 aromatic rings. The van der Waals surface area contributed by atoms with E-state index in [1.54, 1.807) is 13.8 Å². The summed E-state index contributed by atoms with van der Waals surface area (Å²) in [5.74, 6) is 0.509. The molecule has 0 aliphatic heterocycles. The molecule has 0 saturated carbocycles. The number of alkyl halides is 3. The highest BCUT2D eigenvalue weighted by molar-refractivity contribution is 7.92. The monoisotopic (exact) mass is 423 g/mol. The fraction of sp³-hybridized carbons (Fsp3) is 0.294. The molecule has 10 heteroatoms. The molecule has 1 N–H and O–H groups in total. The minimum Gasteiger partial charge on any atom is -0.490 e. The molecule has 0 aliphatic carbocycles. The van der Waals surface area contributed by atoms with E-state index in [2.05, 4.69) is 0 Å². The van der Waals surface area contributed by atoms with Gasteiger partial charge >= 0.3 is 6.18 Å². The lowest BCUT2D eigenvalue weighted by molar-refractivity contribution is -0.136. The second-order valence-corrected chi connectivity index (χ2v) is 7.39. The van der Waals surface area contributed by atoms with Crippen LogP contribution in [-0.4, -0.2) is 21.6 Å². The molecule has 2 rings (SSSR count). The highest BCUT2D eigenvalue weighted by Gasteiger charge is 2.35. The topological polar surface area (TPSA) is 64.6 Å². The van der Waals surface area contributed by atoms with Crippen LogP contribution in [0.5, 0.6) is 11.5 Å². The molecule has 0 amide bonds. The average molecular weight is 424 g/mol. The van der Waals surface area contributed by atoms with Crippen LogP contribution in [0, 0.1) is 0 Å². The molecule has 0 aromatic heterocycles. The number of hydrogen-bond donors (Lipinski definition) is 1. The molecule has 0 atom stereocenters. The molecular formula is C17H17ClF3NO4S. The van der Waals surface area contributed by atoms with Gasteiger partial charge in [-0.25, -0.2) is 8.42 Å². The van der Waals surface area contributed by atoms with Gasteiger partial charge in [0.25, 0.3) is 10.0 Å². The lowest BCUT2D eigenvalue weighted by atomic mass is 10.2. The molecule has 27 heavy (non-hydrogen) atoms. The third-order valence-corrected chi connectivity index (χ3v) is 4.95. The Morgan fingerprint density at radius 2 is 1.63 bits per heavy atom. The fourth-order valence-corrected chi connectivity index (χ4v) is 3.51. The summed E-state index contributed by atoms with van der Waals surface area (Å²) in [5, 5.41) is -0.162. The van der Waals surface area contributed by atoms with E-state index in [-0.39, 0.29) is 22.3 Å². The first-order valence-electron chi connectivity index (χ1n) is 7.87. The number of rotatable bonds is 7. The molecule has 5 nitrogen and oxygen atoms in total. The number of hydrogen-bond acceptors (Lipinski definition) is 4. The summed E-state index contributed by atoms with van der Waals surface area (Å²) in [5.41, 5.74) is -1.81. The Balaban J connectivity index is 2.44. The van der Waals surface area contributed by atoms with E-state index in [0.717, 1.165) is 6.07 Å². The quantitative estimate of drug-likeness (QED) is 0.683. The Bertz CT molecular complexity index is 917. The Morgan fingerprint density at radius 3 is 2.22 bits per heavy atom. The minimum absolute atomic E-state index is 0.162. The predicted octanol–water partition coefficient (Wildman–Crippen LogP) is 4.96. The summed E-state index contributed by atoms with van der Waals surface area (Å²) < 4.78 is 77.4.